The van der Waals surface area contributed by atoms with Crippen molar-refractivity contribution in [2.24, 2.45) is 0 Å². The molecule has 0 aliphatic carbocycles. The van der Waals surface area contributed by atoms with Crippen molar-refractivity contribution in [3.05, 3.63) is 101 Å². The highest BCUT2D eigenvalue weighted by molar-refractivity contribution is 6.03. The van der Waals surface area contributed by atoms with Gasteiger partial charge in [-0.05, 0) is 59.4 Å². The van der Waals surface area contributed by atoms with Crippen LogP contribution < -0.4 is 5.32 Å². The summed E-state index contributed by atoms with van der Waals surface area (Å²) in [5.41, 5.74) is 2.43. The van der Waals surface area contributed by atoms with Crippen LogP contribution in [0.3, 0.4) is 0 Å². The monoisotopic (exact) mass is 556 g/mol. The molecule has 2 aliphatic rings. The van der Waals surface area contributed by atoms with E-state index in [1.807, 2.05) is 12.1 Å². The third-order valence-corrected chi connectivity index (χ3v) is 7.84. The predicted octanol–water partition coefficient (Wildman–Crippen LogP) is 3.55. The highest BCUT2D eigenvalue weighted by Gasteiger charge is 2.52. The number of nitrogens with zero attached hydrogens (tertiary/aromatic N) is 3. The Bertz CT molecular complexity index is 1450. The normalized spacial score (nSPS) is 19.2. The number of hydrogen-bond donors (Lipinski definition) is 1. The molecule has 2 fully saturated rings. The maximum absolute atomic E-state index is 14.0. The number of hydrogen-bond acceptors (Lipinski definition) is 5. The molecule has 212 valence electrons. The summed E-state index contributed by atoms with van der Waals surface area (Å²) in [6, 6.07) is 14.1. The summed E-state index contributed by atoms with van der Waals surface area (Å²) in [7, 11) is 0. The van der Waals surface area contributed by atoms with E-state index in [9.17, 15) is 23.6 Å². The van der Waals surface area contributed by atoms with Crippen LogP contribution in [0, 0.1) is 5.82 Å². The second-order valence-corrected chi connectivity index (χ2v) is 11.7. The number of benzene rings is 2. The zero-order chi connectivity index (χ0) is 29.3. The molecule has 1 N–H and O–H groups in total. The first kappa shape index (κ1) is 28.1. The molecule has 3 atom stereocenters. The zero-order valence-electron chi connectivity index (χ0n) is 23.3. The van der Waals surface area contributed by atoms with Crippen molar-refractivity contribution in [1.82, 2.24) is 20.1 Å². The molecular formula is C32H33FN4O4. The number of ketones is 1. The summed E-state index contributed by atoms with van der Waals surface area (Å²) >= 11 is 0. The molecule has 2 aliphatic heterocycles. The second kappa shape index (κ2) is 11.2. The maximum Gasteiger partial charge on any atom is 0.256 e. The topological polar surface area (TPSA) is 99.7 Å². The SMILES string of the molecule is CC(C)(C)c1ccc(C(=O)N[C@@H](Cc2ccc(F)cc2)C(=O)N2CCC3C2C(=O)CN3C(=O)c2cccnc2)cc1. The first-order chi connectivity index (χ1) is 19.5. The van der Waals surface area contributed by atoms with Crippen LogP contribution in [0.5, 0.6) is 0 Å². The third kappa shape index (κ3) is 5.89. The average molecular weight is 557 g/mol. The number of pyridine rings is 1. The Kier molecular flexibility index (Phi) is 7.71. The van der Waals surface area contributed by atoms with E-state index in [2.05, 4.69) is 31.1 Å². The lowest BCUT2D eigenvalue weighted by Gasteiger charge is -2.28. The number of aromatic nitrogens is 1. The van der Waals surface area contributed by atoms with E-state index in [1.165, 1.54) is 28.1 Å². The summed E-state index contributed by atoms with van der Waals surface area (Å²) in [5.74, 6) is -1.76. The van der Waals surface area contributed by atoms with Crippen LogP contribution in [0.2, 0.25) is 0 Å². The van der Waals surface area contributed by atoms with Crippen LogP contribution in [0.1, 0.15) is 59.0 Å². The number of carbonyl (C=O) groups excluding carboxylic acids is 4. The number of likely N-dealkylation sites (tertiary alicyclic amines) is 2. The molecule has 0 radical (unpaired) electrons. The van der Waals surface area contributed by atoms with E-state index in [0.29, 0.717) is 23.1 Å². The van der Waals surface area contributed by atoms with Crippen molar-refractivity contribution in [3.63, 3.8) is 0 Å². The highest BCUT2D eigenvalue weighted by atomic mass is 19.1. The quantitative estimate of drug-likeness (QED) is 0.501. The number of nitrogens with one attached hydrogen (secondary N) is 1. The average Bonchev–Trinajstić information content (AvgIpc) is 3.54. The fourth-order valence-electron chi connectivity index (χ4n) is 5.61. The number of fused-ring (bicyclic) bond motifs is 1. The molecule has 5 rings (SSSR count). The molecule has 41 heavy (non-hydrogen) atoms. The van der Waals surface area contributed by atoms with Gasteiger partial charge in [0.25, 0.3) is 11.8 Å². The van der Waals surface area contributed by atoms with Crippen LogP contribution >= 0.6 is 0 Å². The lowest BCUT2D eigenvalue weighted by Crippen LogP contribution is -2.53. The maximum atomic E-state index is 14.0. The van der Waals surface area contributed by atoms with Crippen LogP contribution in [0.4, 0.5) is 4.39 Å². The Hall–Kier alpha value is -4.40. The van der Waals surface area contributed by atoms with Gasteiger partial charge in [-0.2, -0.15) is 0 Å². The molecule has 0 bridgehead atoms. The lowest BCUT2D eigenvalue weighted by molar-refractivity contribution is -0.138. The fourth-order valence-corrected chi connectivity index (χ4v) is 5.61. The van der Waals surface area contributed by atoms with Gasteiger partial charge >= 0.3 is 0 Å². The van der Waals surface area contributed by atoms with Gasteiger partial charge in [0.15, 0.2) is 5.78 Å². The van der Waals surface area contributed by atoms with Crippen molar-refractivity contribution in [1.29, 1.82) is 0 Å². The van der Waals surface area contributed by atoms with Crippen LogP contribution in [0.25, 0.3) is 0 Å². The van der Waals surface area contributed by atoms with E-state index in [-0.39, 0.29) is 36.6 Å². The fraction of sp³-hybridized carbons (Fsp3) is 0.344. The summed E-state index contributed by atoms with van der Waals surface area (Å²) in [4.78, 5) is 60.6. The summed E-state index contributed by atoms with van der Waals surface area (Å²) in [5, 5.41) is 2.86. The molecule has 2 saturated heterocycles. The van der Waals surface area contributed by atoms with Gasteiger partial charge in [0, 0.05) is 30.9 Å². The largest absolute Gasteiger partial charge is 0.340 e. The minimum atomic E-state index is -0.995. The van der Waals surface area contributed by atoms with Crippen LogP contribution in [-0.4, -0.2) is 69.5 Å². The van der Waals surface area contributed by atoms with Crippen LogP contribution in [-0.2, 0) is 21.4 Å². The van der Waals surface area contributed by atoms with Gasteiger partial charge in [-0.3, -0.25) is 24.2 Å². The molecule has 0 spiro atoms. The molecule has 1 aromatic heterocycles. The Labute approximate surface area is 238 Å². The first-order valence-electron chi connectivity index (χ1n) is 13.7. The lowest BCUT2D eigenvalue weighted by atomic mass is 9.86. The predicted molar refractivity (Wildman–Crippen MR) is 151 cm³/mol. The molecule has 3 amide bonds. The first-order valence-corrected chi connectivity index (χ1v) is 13.7. The van der Waals surface area contributed by atoms with Gasteiger partial charge in [-0.25, -0.2) is 4.39 Å². The Morgan fingerprint density at radius 1 is 1.00 bits per heavy atom. The highest BCUT2D eigenvalue weighted by Crippen LogP contribution is 2.31. The molecule has 8 nitrogen and oxygen atoms in total. The van der Waals surface area contributed by atoms with Crippen molar-refractivity contribution in [2.45, 2.75) is 57.2 Å². The van der Waals surface area contributed by atoms with Gasteiger partial charge in [-0.15, -0.1) is 0 Å². The van der Waals surface area contributed by atoms with E-state index in [0.717, 1.165) is 5.56 Å². The minimum Gasteiger partial charge on any atom is -0.340 e. The van der Waals surface area contributed by atoms with Crippen molar-refractivity contribution < 1.29 is 23.6 Å². The molecule has 3 heterocycles. The van der Waals surface area contributed by atoms with Crippen LogP contribution in [0.15, 0.2) is 73.1 Å². The summed E-state index contributed by atoms with van der Waals surface area (Å²) in [6.07, 6.45) is 3.59. The Morgan fingerprint density at radius 2 is 1.71 bits per heavy atom. The molecular weight excluding hydrogens is 523 g/mol. The molecule has 3 aromatic rings. The summed E-state index contributed by atoms with van der Waals surface area (Å²) in [6.45, 7) is 6.42. The number of amides is 3. The Morgan fingerprint density at radius 3 is 2.34 bits per heavy atom. The molecule has 2 unspecified atom stereocenters. The van der Waals surface area contributed by atoms with Crippen molar-refractivity contribution in [2.75, 3.05) is 13.1 Å². The number of carbonyl (C=O) groups is 4. The van der Waals surface area contributed by atoms with Gasteiger partial charge in [0.1, 0.15) is 17.9 Å². The van der Waals surface area contributed by atoms with Crippen molar-refractivity contribution in [3.8, 4) is 0 Å². The van der Waals surface area contributed by atoms with Gasteiger partial charge in [0.05, 0.1) is 18.2 Å². The minimum absolute atomic E-state index is 0.0809. The van der Waals surface area contributed by atoms with Gasteiger partial charge < -0.3 is 15.1 Å². The number of rotatable bonds is 6. The van der Waals surface area contributed by atoms with Gasteiger partial charge in [-0.1, -0.05) is 45.0 Å². The smallest absolute Gasteiger partial charge is 0.256 e. The Balaban J connectivity index is 1.37. The summed E-state index contributed by atoms with van der Waals surface area (Å²) < 4.78 is 13.6. The van der Waals surface area contributed by atoms with Gasteiger partial charge in [0.2, 0.25) is 5.91 Å². The van der Waals surface area contributed by atoms with E-state index >= 15 is 0 Å². The molecule has 2 aromatic carbocycles. The number of halogens is 1. The third-order valence-electron chi connectivity index (χ3n) is 7.84. The molecule has 9 heteroatoms. The van der Waals surface area contributed by atoms with E-state index < -0.39 is 35.8 Å². The van der Waals surface area contributed by atoms with Crippen molar-refractivity contribution >= 4 is 23.5 Å². The van der Waals surface area contributed by atoms with E-state index in [1.54, 1.807) is 42.6 Å². The zero-order valence-corrected chi connectivity index (χ0v) is 23.3. The molecule has 0 saturated carbocycles. The standard InChI is InChI=1S/C32H33FN4O4/c1-32(2,3)23-10-8-21(9-11-23)29(39)35-25(17-20-6-12-24(33)13-7-20)31(41)36-16-14-26-28(36)27(38)19-37(26)30(40)22-5-4-15-34-18-22/h4-13,15,18,25-26,28H,14,16-17,19H2,1-3H3,(H,35,39)/t25-,26?,28?/m0/s1. The number of Topliss-reactive ketones (excluding diaryl/α,β-unsaturated/α-hetero) is 1. The second-order valence-electron chi connectivity index (χ2n) is 11.7. The van der Waals surface area contributed by atoms with E-state index in [4.69, 9.17) is 0 Å².